The highest BCUT2D eigenvalue weighted by Gasteiger charge is 2.30. The van der Waals surface area contributed by atoms with Crippen LogP contribution in [0.3, 0.4) is 0 Å². The molecule has 9 rings (SSSR count). The van der Waals surface area contributed by atoms with Gasteiger partial charge in [-0.2, -0.15) is 10.2 Å². The minimum Gasteiger partial charge on any atom is -0.445 e. The highest BCUT2D eigenvalue weighted by molar-refractivity contribution is 7.98. The van der Waals surface area contributed by atoms with E-state index in [0.29, 0.717) is 31.2 Å². The maximum absolute atomic E-state index is 13.1. The van der Waals surface area contributed by atoms with Gasteiger partial charge in [-0.25, -0.2) is 29.5 Å². The average Bonchev–Trinajstić information content (AvgIpc) is 3.61. The Hall–Kier alpha value is -6.66. The van der Waals surface area contributed by atoms with Crippen molar-refractivity contribution in [2.75, 3.05) is 30.5 Å². The number of hydrogen-bond donors (Lipinski definition) is 1. The molecule has 318 valence electrons. The van der Waals surface area contributed by atoms with Crippen LogP contribution < -0.4 is 10.2 Å². The molecular weight excluding hydrogens is 825 g/mol. The molecular formula is C44H46N12O4S2. The minimum atomic E-state index is -0.441. The third-order valence-electron chi connectivity index (χ3n) is 10.1. The summed E-state index contributed by atoms with van der Waals surface area (Å²) in [4.78, 5) is 45.3. The van der Waals surface area contributed by atoms with Gasteiger partial charge in [0, 0.05) is 63.3 Å². The number of thioether (sulfide) groups is 2. The second-order valence-corrected chi connectivity index (χ2v) is 16.3. The first-order chi connectivity index (χ1) is 30.3. The van der Waals surface area contributed by atoms with Crippen molar-refractivity contribution in [1.82, 2.24) is 53.6 Å². The van der Waals surface area contributed by atoms with E-state index in [1.165, 1.54) is 11.8 Å². The normalized spacial score (nSPS) is 12.3. The average molecular weight is 871 g/mol. The number of aryl methyl sites for hydroxylation is 2. The number of rotatable bonds is 14. The Bertz CT molecular complexity index is 2780. The molecule has 2 amide bonds. The molecule has 1 fully saturated rings. The van der Waals surface area contributed by atoms with E-state index in [1.807, 2.05) is 139 Å². The second-order valence-electron chi connectivity index (χ2n) is 14.7. The highest BCUT2D eigenvalue weighted by Crippen LogP contribution is 2.34. The molecule has 1 aliphatic carbocycles. The predicted molar refractivity (Wildman–Crippen MR) is 239 cm³/mol. The van der Waals surface area contributed by atoms with Crippen LogP contribution in [0.25, 0.3) is 33.8 Å². The van der Waals surface area contributed by atoms with Crippen LogP contribution in [0.4, 0.5) is 15.4 Å². The van der Waals surface area contributed by atoms with Gasteiger partial charge in [-0.05, 0) is 42.4 Å². The van der Waals surface area contributed by atoms with Gasteiger partial charge in [0.1, 0.15) is 23.3 Å². The van der Waals surface area contributed by atoms with E-state index >= 15 is 0 Å². The van der Waals surface area contributed by atoms with Crippen LogP contribution in [-0.4, -0.2) is 86.1 Å². The van der Waals surface area contributed by atoms with Gasteiger partial charge in [-0.15, -0.1) is 23.5 Å². The number of carbonyl (C=O) groups is 2. The lowest BCUT2D eigenvalue weighted by atomic mass is 10.2. The predicted octanol–water partition coefficient (Wildman–Crippen LogP) is 7.73. The monoisotopic (exact) mass is 870 g/mol. The van der Waals surface area contributed by atoms with Crippen molar-refractivity contribution in [3.63, 3.8) is 0 Å². The molecule has 0 spiro atoms. The summed E-state index contributed by atoms with van der Waals surface area (Å²) in [5, 5.41) is 12.9. The van der Waals surface area contributed by atoms with E-state index in [2.05, 4.69) is 30.5 Å². The standard InChI is InChI=1S/C23H24N6O2S.C21H22N6O2S/c1-27-13-18(10-25-27)19-11-24-21-22(32-2)26-20(14-28(19)21)29(12-16-8-9-16)23(30)31-15-17-6-4-3-5-7-17;1-26-12-16(10-24-26)18-11-23-19-20(30-2)25-17(13-27(18)19)8-9-22-21(28)29-14-15-6-4-3-5-7-15/h3-7,10-11,13-14,16H,8-9,12,15H2,1-2H3;3-7,10-13H,8-9,14H2,1-2H3,(H,22,28). The molecule has 8 aromatic rings. The summed E-state index contributed by atoms with van der Waals surface area (Å²) in [5.41, 5.74) is 8.11. The molecule has 6 aromatic heterocycles. The molecule has 16 nitrogen and oxygen atoms in total. The lowest BCUT2D eigenvalue weighted by Crippen LogP contribution is -2.34. The van der Waals surface area contributed by atoms with Crippen molar-refractivity contribution in [1.29, 1.82) is 0 Å². The van der Waals surface area contributed by atoms with Crippen LogP contribution in [0.1, 0.15) is 29.7 Å². The lowest BCUT2D eigenvalue weighted by molar-refractivity contribution is 0.139. The number of benzene rings is 2. The number of anilines is 1. The number of carbonyl (C=O) groups excluding carboxylic acids is 2. The summed E-state index contributed by atoms with van der Waals surface area (Å²) in [6.45, 7) is 1.50. The number of imidazole rings is 2. The Morgan fingerprint density at radius 1 is 0.726 bits per heavy atom. The Morgan fingerprint density at radius 3 is 1.81 bits per heavy atom. The quantitative estimate of drug-likeness (QED) is 0.106. The van der Waals surface area contributed by atoms with Gasteiger partial charge in [0.05, 0.1) is 48.1 Å². The Balaban J connectivity index is 0.000000171. The maximum Gasteiger partial charge on any atom is 0.415 e. The minimum absolute atomic E-state index is 0.227. The SMILES string of the molecule is CSc1nc(CCNC(=O)OCc2ccccc2)cn2c(-c3cnn(C)c3)cnc12.CSc1nc(N(CC2CC2)C(=O)OCc2ccccc2)cn2c(-c3cnn(C)c3)cnc12. The second kappa shape index (κ2) is 19.4. The van der Waals surface area contributed by atoms with E-state index < -0.39 is 6.09 Å². The topological polar surface area (TPSA) is 164 Å². The van der Waals surface area contributed by atoms with Crippen molar-refractivity contribution in [3.8, 4) is 22.5 Å². The summed E-state index contributed by atoms with van der Waals surface area (Å²) < 4.78 is 18.4. The van der Waals surface area contributed by atoms with Crippen LogP contribution in [-0.2, 0) is 43.2 Å². The molecule has 0 aliphatic heterocycles. The Kier molecular flexibility index (Phi) is 13.1. The van der Waals surface area contributed by atoms with Crippen molar-refractivity contribution in [3.05, 3.63) is 127 Å². The number of amides is 2. The molecule has 1 saturated carbocycles. The maximum atomic E-state index is 13.1. The number of nitrogens with zero attached hydrogens (tertiary/aromatic N) is 11. The van der Waals surface area contributed by atoms with Crippen LogP contribution >= 0.6 is 23.5 Å². The number of fused-ring (bicyclic) bond motifs is 2. The molecule has 1 aliphatic rings. The molecule has 0 unspecified atom stereocenters. The molecule has 2 aromatic carbocycles. The molecule has 62 heavy (non-hydrogen) atoms. The fraction of sp³-hybridized carbons (Fsp3) is 0.273. The summed E-state index contributed by atoms with van der Waals surface area (Å²) in [6.07, 6.45) is 20.9. The Labute approximate surface area is 366 Å². The van der Waals surface area contributed by atoms with Gasteiger partial charge in [0.25, 0.3) is 0 Å². The molecule has 0 atom stereocenters. The van der Waals surface area contributed by atoms with Crippen LogP contribution in [0, 0.1) is 5.92 Å². The summed E-state index contributed by atoms with van der Waals surface area (Å²) >= 11 is 3.05. The van der Waals surface area contributed by atoms with E-state index in [-0.39, 0.29) is 19.3 Å². The van der Waals surface area contributed by atoms with Gasteiger partial charge >= 0.3 is 12.2 Å². The van der Waals surface area contributed by atoms with E-state index in [4.69, 9.17) is 14.5 Å². The van der Waals surface area contributed by atoms with Crippen molar-refractivity contribution in [2.24, 2.45) is 20.0 Å². The lowest BCUT2D eigenvalue weighted by Gasteiger charge is -2.22. The van der Waals surface area contributed by atoms with Crippen molar-refractivity contribution >= 4 is 52.8 Å². The first kappa shape index (κ1) is 42.0. The number of aromatic nitrogens is 10. The van der Waals surface area contributed by atoms with Crippen LogP contribution in [0.15, 0.2) is 120 Å². The molecule has 0 radical (unpaired) electrons. The smallest absolute Gasteiger partial charge is 0.415 e. The number of hydrogen-bond acceptors (Lipinski definition) is 12. The Morgan fingerprint density at radius 2 is 1.27 bits per heavy atom. The zero-order valence-electron chi connectivity index (χ0n) is 34.8. The number of alkyl carbamates (subject to hydrolysis) is 1. The summed E-state index contributed by atoms with van der Waals surface area (Å²) in [5.74, 6) is 1.05. The first-order valence-corrected chi connectivity index (χ1v) is 22.4. The molecule has 1 N–H and O–H groups in total. The fourth-order valence-corrected chi connectivity index (χ4v) is 7.76. The highest BCUT2D eigenvalue weighted by atomic mass is 32.2. The van der Waals surface area contributed by atoms with Crippen molar-refractivity contribution in [2.45, 2.75) is 42.5 Å². The molecule has 0 bridgehead atoms. The van der Waals surface area contributed by atoms with Gasteiger partial charge in [0.15, 0.2) is 17.1 Å². The molecule has 6 heterocycles. The summed E-state index contributed by atoms with van der Waals surface area (Å²) in [7, 11) is 3.77. The van der Waals surface area contributed by atoms with Crippen LogP contribution in [0.2, 0.25) is 0 Å². The third kappa shape index (κ3) is 10.1. The fourth-order valence-electron chi connectivity index (χ4n) is 6.70. The molecule has 0 saturated heterocycles. The van der Waals surface area contributed by atoms with E-state index in [1.54, 1.807) is 32.2 Å². The van der Waals surface area contributed by atoms with Gasteiger partial charge < -0.3 is 14.8 Å². The summed E-state index contributed by atoms with van der Waals surface area (Å²) in [6, 6.07) is 19.3. The third-order valence-corrected chi connectivity index (χ3v) is 11.4. The molecule has 18 heteroatoms. The van der Waals surface area contributed by atoms with Crippen molar-refractivity contribution < 1.29 is 19.1 Å². The largest absolute Gasteiger partial charge is 0.445 e. The van der Waals surface area contributed by atoms with E-state index in [9.17, 15) is 9.59 Å². The van der Waals surface area contributed by atoms with Gasteiger partial charge in [0.2, 0.25) is 0 Å². The zero-order valence-corrected chi connectivity index (χ0v) is 36.4. The first-order valence-electron chi connectivity index (χ1n) is 20.0. The van der Waals surface area contributed by atoms with Gasteiger partial charge in [-0.1, -0.05) is 60.7 Å². The number of ether oxygens (including phenoxy) is 2. The number of nitrogens with one attached hydrogen (secondary N) is 1. The van der Waals surface area contributed by atoms with Gasteiger partial charge in [-0.3, -0.25) is 23.1 Å². The van der Waals surface area contributed by atoms with Crippen LogP contribution in [0.5, 0.6) is 0 Å². The van der Waals surface area contributed by atoms with E-state index in [0.717, 1.165) is 73.5 Å². The zero-order chi connectivity index (χ0) is 43.0.